The van der Waals surface area contributed by atoms with E-state index in [4.69, 9.17) is 13.9 Å². The molecule has 1 amide bonds. The smallest absolute Gasteiger partial charge is 0.305 e. The van der Waals surface area contributed by atoms with E-state index in [0.29, 0.717) is 56.2 Å². The number of ether oxygens (including phenoxy) is 2. The summed E-state index contributed by atoms with van der Waals surface area (Å²) in [5.74, 6) is 1.01. The third kappa shape index (κ3) is 5.62. The molecule has 2 rings (SSSR count). The van der Waals surface area contributed by atoms with Crippen molar-refractivity contribution in [1.82, 2.24) is 4.90 Å². The average Bonchev–Trinajstić information content (AvgIpc) is 3.11. The van der Waals surface area contributed by atoms with Crippen LogP contribution in [-0.2, 0) is 14.3 Å². The Hall–Kier alpha value is -2.76. The monoisotopic (exact) mass is 387 g/mol. The fraction of sp³-hybridized carbons (Fsp3) is 0.455. The van der Waals surface area contributed by atoms with E-state index in [9.17, 15) is 9.59 Å². The van der Waals surface area contributed by atoms with Crippen molar-refractivity contribution in [3.8, 4) is 5.75 Å². The van der Waals surface area contributed by atoms with Crippen LogP contribution in [0.15, 0.2) is 34.8 Å². The first-order chi connectivity index (χ1) is 13.5. The Kier molecular flexibility index (Phi) is 8.11. The zero-order chi connectivity index (χ0) is 20.5. The van der Waals surface area contributed by atoms with Gasteiger partial charge >= 0.3 is 5.97 Å². The van der Waals surface area contributed by atoms with Gasteiger partial charge in [-0.3, -0.25) is 9.59 Å². The molecule has 1 aromatic heterocycles. The summed E-state index contributed by atoms with van der Waals surface area (Å²) in [5.41, 5.74) is 1.40. The van der Waals surface area contributed by atoms with Crippen LogP contribution in [0.4, 0.5) is 0 Å². The summed E-state index contributed by atoms with van der Waals surface area (Å²) < 4.78 is 16.7. The quantitative estimate of drug-likeness (QED) is 0.343. The van der Waals surface area contributed by atoms with Crippen LogP contribution in [0.2, 0.25) is 0 Å². The van der Waals surface area contributed by atoms with E-state index in [0.717, 1.165) is 11.0 Å². The highest BCUT2D eigenvalue weighted by Gasteiger charge is 2.13. The number of hydrogen-bond donors (Lipinski definition) is 0. The van der Waals surface area contributed by atoms with E-state index in [2.05, 4.69) is 0 Å². The Morgan fingerprint density at radius 2 is 1.93 bits per heavy atom. The normalized spacial score (nSPS) is 11.5. The van der Waals surface area contributed by atoms with Crippen molar-refractivity contribution in [2.24, 2.45) is 0 Å². The standard InChI is InChI=1S/C22H29NO5/c1-5-23(6-2)20(24)14-16(4)19-15-17-10-8-11-18(22(17)28-19)27-13-9-12-21(25)26-7-3/h8,10-11,14-15H,5-7,9,12-13H2,1-4H3. The molecule has 152 valence electrons. The minimum absolute atomic E-state index is 0.0293. The first kappa shape index (κ1) is 21.5. The second-order valence-electron chi connectivity index (χ2n) is 6.38. The number of hydrogen-bond acceptors (Lipinski definition) is 5. The number of benzene rings is 1. The van der Waals surface area contributed by atoms with Crippen molar-refractivity contribution >= 4 is 28.4 Å². The molecular weight excluding hydrogens is 358 g/mol. The van der Waals surface area contributed by atoms with E-state index in [-0.39, 0.29) is 11.9 Å². The van der Waals surface area contributed by atoms with Gasteiger partial charge in [0.25, 0.3) is 0 Å². The second kappa shape index (κ2) is 10.5. The van der Waals surface area contributed by atoms with Crippen molar-refractivity contribution < 1.29 is 23.5 Å². The maximum Gasteiger partial charge on any atom is 0.305 e. The lowest BCUT2D eigenvalue weighted by Gasteiger charge is -2.16. The van der Waals surface area contributed by atoms with Gasteiger partial charge in [-0.2, -0.15) is 0 Å². The largest absolute Gasteiger partial charge is 0.490 e. The molecule has 0 aliphatic carbocycles. The molecule has 2 aromatic rings. The van der Waals surface area contributed by atoms with E-state index < -0.39 is 0 Å². The number of para-hydroxylation sites is 1. The van der Waals surface area contributed by atoms with Crippen molar-refractivity contribution in [2.75, 3.05) is 26.3 Å². The van der Waals surface area contributed by atoms with Crippen LogP contribution < -0.4 is 4.74 Å². The minimum Gasteiger partial charge on any atom is -0.490 e. The van der Waals surface area contributed by atoms with Gasteiger partial charge in [-0.1, -0.05) is 12.1 Å². The topological polar surface area (TPSA) is 69.0 Å². The van der Waals surface area contributed by atoms with Crippen molar-refractivity contribution in [2.45, 2.75) is 40.5 Å². The third-order valence-corrected chi connectivity index (χ3v) is 4.40. The Morgan fingerprint density at radius 1 is 1.18 bits per heavy atom. The fourth-order valence-electron chi connectivity index (χ4n) is 2.86. The molecule has 0 atom stereocenters. The highest BCUT2D eigenvalue weighted by molar-refractivity contribution is 5.95. The molecule has 0 bridgehead atoms. The zero-order valence-corrected chi connectivity index (χ0v) is 17.1. The predicted octanol–water partition coefficient (Wildman–Crippen LogP) is 4.43. The molecule has 0 N–H and O–H groups in total. The van der Waals surface area contributed by atoms with Crippen LogP contribution in [-0.4, -0.2) is 43.1 Å². The molecule has 6 heteroatoms. The van der Waals surface area contributed by atoms with E-state index in [1.54, 1.807) is 17.9 Å². The molecule has 0 fully saturated rings. The third-order valence-electron chi connectivity index (χ3n) is 4.40. The number of rotatable bonds is 10. The molecule has 0 aliphatic rings. The Balaban J connectivity index is 2.10. The van der Waals surface area contributed by atoms with Crippen LogP contribution in [0.3, 0.4) is 0 Å². The molecular formula is C22H29NO5. The van der Waals surface area contributed by atoms with Gasteiger partial charge in [0.15, 0.2) is 11.3 Å². The minimum atomic E-state index is -0.219. The number of furan rings is 1. The lowest BCUT2D eigenvalue weighted by molar-refractivity contribution is -0.143. The molecule has 0 unspecified atom stereocenters. The van der Waals surface area contributed by atoms with Crippen LogP contribution in [0.25, 0.3) is 16.5 Å². The van der Waals surface area contributed by atoms with Gasteiger partial charge in [-0.25, -0.2) is 0 Å². The first-order valence-electron chi connectivity index (χ1n) is 9.78. The molecule has 0 aliphatic heterocycles. The second-order valence-corrected chi connectivity index (χ2v) is 6.38. The molecule has 0 spiro atoms. The Morgan fingerprint density at radius 3 is 2.61 bits per heavy atom. The van der Waals surface area contributed by atoms with Crippen LogP contribution in [0, 0.1) is 0 Å². The van der Waals surface area contributed by atoms with Crippen LogP contribution in [0.1, 0.15) is 46.3 Å². The van der Waals surface area contributed by atoms with Crippen molar-refractivity contribution in [3.05, 3.63) is 36.1 Å². The summed E-state index contributed by atoms with van der Waals surface area (Å²) in [5, 5.41) is 0.904. The van der Waals surface area contributed by atoms with Gasteiger partial charge in [-0.05, 0) is 51.8 Å². The number of carbonyl (C=O) groups excluding carboxylic acids is 2. The lowest BCUT2D eigenvalue weighted by atomic mass is 10.2. The van der Waals surface area contributed by atoms with E-state index >= 15 is 0 Å². The number of carbonyl (C=O) groups is 2. The molecule has 6 nitrogen and oxygen atoms in total. The Labute approximate surface area is 166 Å². The summed E-state index contributed by atoms with van der Waals surface area (Å²) in [6, 6.07) is 7.57. The van der Waals surface area contributed by atoms with Gasteiger partial charge in [0, 0.05) is 31.0 Å². The van der Waals surface area contributed by atoms with Gasteiger partial charge in [0.05, 0.1) is 13.2 Å². The molecule has 1 aromatic carbocycles. The average molecular weight is 387 g/mol. The predicted molar refractivity (Wildman–Crippen MR) is 109 cm³/mol. The van der Waals surface area contributed by atoms with Gasteiger partial charge in [0.2, 0.25) is 5.91 Å². The van der Waals surface area contributed by atoms with Gasteiger partial charge in [-0.15, -0.1) is 0 Å². The van der Waals surface area contributed by atoms with Gasteiger partial charge in [0.1, 0.15) is 5.76 Å². The molecule has 1 heterocycles. The number of nitrogens with zero attached hydrogens (tertiary/aromatic N) is 1. The molecule has 28 heavy (non-hydrogen) atoms. The molecule has 0 saturated carbocycles. The van der Waals surface area contributed by atoms with Crippen LogP contribution in [0.5, 0.6) is 5.75 Å². The molecule has 0 radical (unpaired) electrons. The number of fused-ring (bicyclic) bond motifs is 1. The van der Waals surface area contributed by atoms with Crippen LogP contribution >= 0.6 is 0 Å². The highest BCUT2D eigenvalue weighted by atomic mass is 16.5. The maximum atomic E-state index is 12.3. The zero-order valence-electron chi connectivity index (χ0n) is 17.1. The Bertz CT molecular complexity index is 833. The number of allylic oxidation sites excluding steroid dienone is 1. The number of amides is 1. The summed E-state index contributed by atoms with van der Waals surface area (Å²) in [4.78, 5) is 25.4. The van der Waals surface area contributed by atoms with E-state index in [1.807, 2.05) is 45.0 Å². The summed E-state index contributed by atoms with van der Waals surface area (Å²) >= 11 is 0. The fourth-order valence-corrected chi connectivity index (χ4v) is 2.86. The first-order valence-corrected chi connectivity index (χ1v) is 9.78. The summed E-state index contributed by atoms with van der Waals surface area (Å²) in [6.45, 7) is 9.68. The summed E-state index contributed by atoms with van der Waals surface area (Å²) in [7, 11) is 0. The highest BCUT2D eigenvalue weighted by Crippen LogP contribution is 2.31. The van der Waals surface area contributed by atoms with Crippen molar-refractivity contribution in [3.63, 3.8) is 0 Å². The number of esters is 1. The van der Waals surface area contributed by atoms with E-state index in [1.165, 1.54) is 0 Å². The maximum absolute atomic E-state index is 12.3. The van der Waals surface area contributed by atoms with Crippen molar-refractivity contribution in [1.29, 1.82) is 0 Å². The lowest BCUT2D eigenvalue weighted by Crippen LogP contribution is -2.28. The van der Waals surface area contributed by atoms with Gasteiger partial charge < -0.3 is 18.8 Å². The SMILES string of the molecule is CCOC(=O)CCCOc1cccc2cc(C(C)=CC(=O)N(CC)CC)oc12. The summed E-state index contributed by atoms with van der Waals surface area (Å²) in [6.07, 6.45) is 2.49. The molecule has 0 saturated heterocycles. The number of likely N-dealkylation sites (N-methyl/N-ethyl adjacent to an activating group) is 1.